The average molecular weight is 166 g/mol. The molecule has 0 amide bonds. The van der Waals surface area contributed by atoms with Crippen molar-refractivity contribution >= 4 is 6.29 Å². The maximum atomic E-state index is 12.8. The summed E-state index contributed by atoms with van der Waals surface area (Å²) in [5.74, 6) is 0. The number of alkyl halides is 1. The van der Waals surface area contributed by atoms with Crippen LogP contribution in [0.3, 0.4) is 0 Å². The lowest BCUT2D eigenvalue weighted by molar-refractivity contribution is -0.112. The van der Waals surface area contributed by atoms with Gasteiger partial charge in [0.15, 0.2) is 12.5 Å². The van der Waals surface area contributed by atoms with Crippen LogP contribution >= 0.6 is 0 Å². The van der Waals surface area contributed by atoms with Crippen molar-refractivity contribution in [2.45, 2.75) is 19.5 Å². The highest BCUT2D eigenvalue weighted by Crippen LogP contribution is 2.16. The van der Waals surface area contributed by atoms with E-state index >= 15 is 0 Å². The molecule has 0 aliphatic carbocycles. The Kier molecular flexibility index (Phi) is 2.97. The number of benzene rings is 1. The number of hydrogen-bond acceptors (Lipinski definition) is 1. The van der Waals surface area contributed by atoms with Crippen LogP contribution in [0.4, 0.5) is 4.39 Å². The highest BCUT2D eigenvalue weighted by atomic mass is 19.1. The van der Waals surface area contributed by atoms with Gasteiger partial charge >= 0.3 is 0 Å². The number of halogens is 1. The van der Waals surface area contributed by atoms with Gasteiger partial charge in [0, 0.05) is 0 Å². The zero-order chi connectivity index (χ0) is 8.97. The van der Waals surface area contributed by atoms with Gasteiger partial charge in [0.25, 0.3) is 0 Å². The van der Waals surface area contributed by atoms with Crippen molar-refractivity contribution < 1.29 is 9.18 Å². The predicted octanol–water partition coefficient (Wildman–Crippen LogP) is 2.46. The maximum absolute atomic E-state index is 12.8. The predicted molar refractivity (Wildman–Crippen MR) is 45.7 cm³/mol. The third-order valence-corrected chi connectivity index (χ3v) is 1.80. The summed E-state index contributed by atoms with van der Waals surface area (Å²) in [4.78, 5) is 10.1. The molecule has 0 aromatic heterocycles. The first-order valence-corrected chi connectivity index (χ1v) is 3.96. The van der Waals surface area contributed by atoms with Gasteiger partial charge in [-0.05, 0) is 17.5 Å². The molecule has 1 aromatic rings. The van der Waals surface area contributed by atoms with E-state index in [0.29, 0.717) is 11.8 Å². The SMILES string of the molecule is CCc1cccc(C(F)C=O)c1. The van der Waals surface area contributed by atoms with Crippen LogP contribution in [0.25, 0.3) is 0 Å². The minimum Gasteiger partial charge on any atom is -0.300 e. The number of rotatable bonds is 3. The quantitative estimate of drug-likeness (QED) is 0.630. The van der Waals surface area contributed by atoms with Crippen molar-refractivity contribution in [1.29, 1.82) is 0 Å². The normalized spacial score (nSPS) is 12.5. The second-order valence-corrected chi connectivity index (χ2v) is 2.64. The summed E-state index contributed by atoms with van der Waals surface area (Å²) in [6, 6.07) is 7.03. The smallest absolute Gasteiger partial charge is 0.180 e. The van der Waals surface area contributed by atoms with Crippen LogP contribution in [0.1, 0.15) is 24.2 Å². The summed E-state index contributed by atoms with van der Waals surface area (Å²) in [5, 5.41) is 0. The van der Waals surface area contributed by atoms with Crippen LogP contribution in [0.2, 0.25) is 0 Å². The van der Waals surface area contributed by atoms with Crippen molar-refractivity contribution in [3.8, 4) is 0 Å². The summed E-state index contributed by atoms with van der Waals surface area (Å²) < 4.78 is 12.8. The Labute approximate surface area is 71.2 Å². The van der Waals surface area contributed by atoms with Gasteiger partial charge in [-0.3, -0.25) is 4.79 Å². The van der Waals surface area contributed by atoms with Crippen LogP contribution < -0.4 is 0 Å². The molecule has 0 radical (unpaired) electrons. The molecule has 0 saturated heterocycles. The van der Waals surface area contributed by atoms with Crippen LogP contribution in [-0.2, 0) is 11.2 Å². The fourth-order valence-corrected chi connectivity index (χ4v) is 1.06. The Bertz CT molecular complexity index is 270. The molecule has 0 aliphatic heterocycles. The van der Waals surface area contributed by atoms with E-state index in [1.54, 1.807) is 18.2 Å². The van der Waals surface area contributed by atoms with Gasteiger partial charge in [0.2, 0.25) is 0 Å². The Balaban J connectivity index is 2.93. The van der Waals surface area contributed by atoms with Crippen molar-refractivity contribution in [3.05, 3.63) is 35.4 Å². The standard InChI is InChI=1S/C10H11FO/c1-2-8-4-3-5-9(6-8)10(11)7-12/h3-7,10H,2H2,1H3. The van der Waals surface area contributed by atoms with E-state index in [2.05, 4.69) is 0 Å². The molecule has 0 bridgehead atoms. The third kappa shape index (κ3) is 1.91. The topological polar surface area (TPSA) is 17.1 Å². The first-order valence-electron chi connectivity index (χ1n) is 3.96. The van der Waals surface area contributed by atoms with Crippen molar-refractivity contribution in [2.24, 2.45) is 0 Å². The number of aryl methyl sites for hydroxylation is 1. The monoisotopic (exact) mass is 166 g/mol. The fourth-order valence-electron chi connectivity index (χ4n) is 1.06. The van der Waals surface area contributed by atoms with E-state index in [1.165, 1.54) is 0 Å². The Hall–Kier alpha value is -1.18. The van der Waals surface area contributed by atoms with Crippen molar-refractivity contribution in [2.75, 3.05) is 0 Å². The number of aldehydes is 1. The lowest BCUT2D eigenvalue weighted by Crippen LogP contribution is -1.93. The molecule has 64 valence electrons. The molecule has 1 atom stereocenters. The van der Waals surface area contributed by atoms with Gasteiger partial charge in [-0.2, -0.15) is 0 Å². The lowest BCUT2D eigenvalue weighted by Gasteiger charge is -2.02. The van der Waals surface area contributed by atoms with Crippen LogP contribution in [0, 0.1) is 0 Å². The second kappa shape index (κ2) is 4.00. The first-order chi connectivity index (χ1) is 5.77. The largest absolute Gasteiger partial charge is 0.300 e. The van der Waals surface area contributed by atoms with E-state index in [0.717, 1.165) is 12.0 Å². The minimum atomic E-state index is -1.48. The Morgan fingerprint density at radius 1 is 1.58 bits per heavy atom. The molecule has 0 spiro atoms. The zero-order valence-electron chi connectivity index (χ0n) is 6.96. The molecule has 0 heterocycles. The maximum Gasteiger partial charge on any atom is 0.180 e. The summed E-state index contributed by atoms with van der Waals surface area (Å²) in [5.41, 5.74) is 1.50. The Morgan fingerprint density at radius 2 is 2.33 bits per heavy atom. The van der Waals surface area contributed by atoms with E-state index in [9.17, 15) is 9.18 Å². The summed E-state index contributed by atoms with van der Waals surface area (Å²) in [6.07, 6.45) is -0.301. The first kappa shape index (κ1) is 8.91. The van der Waals surface area contributed by atoms with E-state index < -0.39 is 6.17 Å². The van der Waals surface area contributed by atoms with Gasteiger partial charge in [-0.15, -0.1) is 0 Å². The molecule has 0 fully saturated rings. The van der Waals surface area contributed by atoms with Gasteiger partial charge in [-0.25, -0.2) is 4.39 Å². The molecule has 0 N–H and O–H groups in total. The molecule has 12 heavy (non-hydrogen) atoms. The number of carbonyl (C=O) groups excluding carboxylic acids is 1. The number of carbonyl (C=O) groups is 1. The van der Waals surface area contributed by atoms with E-state index in [-0.39, 0.29) is 0 Å². The molecule has 0 aliphatic rings. The zero-order valence-corrected chi connectivity index (χ0v) is 6.96. The summed E-state index contributed by atoms with van der Waals surface area (Å²) in [6.45, 7) is 1.99. The second-order valence-electron chi connectivity index (χ2n) is 2.64. The molecule has 1 rings (SSSR count). The molecule has 1 unspecified atom stereocenters. The molecule has 0 saturated carbocycles. The summed E-state index contributed by atoms with van der Waals surface area (Å²) in [7, 11) is 0. The molecule has 1 aromatic carbocycles. The van der Waals surface area contributed by atoms with Crippen molar-refractivity contribution in [1.82, 2.24) is 0 Å². The highest BCUT2D eigenvalue weighted by molar-refractivity contribution is 5.59. The van der Waals surface area contributed by atoms with Crippen LogP contribution in [-0.4, -0.2) is 6.29 Å². The average Bonchev–Trinajstić information content (AvgIpc) is 2.17. The van der Waals surface area contributed by atoms with Gasteiger partial charge in [-0.1, -0.05) is 31.2 Å². The molecule has 1 nitrogen and oxygen atoms in total. The lowest BCUT2D eigenvalue weighted by atomic mass is 10.1. The third-order valence-electron chi connectivity index (χ3n) is 1.80. The highest BCUT2D eigenvalue weighted by Gasteiger charge is 2.06. The van der Waals surface area contributed by atoms with E-state index in [1.807, 2.05) is 13.0 Å². The molecule has 2 heteroatoms. The van der Waals surface area contributed by atoms with Crippen LogP contribution in [0.5, 0.6) is 0 Å². The van der Waals surface area contributed by atoms with Gasteiger partial charge in [0.05, 0.1) is 0 Å². The fraction of sp³-hybridized carbons (Fsp3) is 0.300. The summed E-state index contributed by atoms with van der Waals surface area (Å²) >= 11 is 0. The number of hydrogen-bond donors (Lipinski definition) is 0. The van der Waals surface area contributed by atoms with Crippen molar-refractivity contribution in [3.63, 3.8) is 0 Å². The van der Waals surface area contributed by atoms with Gasteiger partial charge in [0.1, 0.15) is 0 Å². The molecular formula is C10H11FO. The van der Waals surface area contributed by atoms with Gasteiger partial charge < -0.3 is 0 Å². The minimum absolute atomic E-state index is 0.314. The molecular weight excluding hydrogens is 155 g/mol. The Morgan fingerprint density at radius 3 is 2.92 bits per heavy atom. The van der Waals surface area contributed by atoms with E-state index in [4.69, 9.17) is 0 Å². The van der Waals surface area contributed by atoms with Crippen LogP contribution in [0.15, 0.2) is 24.3 Å².